The van der Waals surface area contributed by atoms with Gasteiger partial charge < -0.3 is 9.47 Å². The van der Waals surface area contributed by atoms with Gasteiger partial charge in [-0.05, 0) is 54.8 Å². The van der Waals surface area contributed by atoms with Crippen LogP contribution in [0, 0.1) is 0 Å². The van der Waals surface area contributed by atoms with Crippen molar-refractivity contribution in [3.63, 3.8) is 0 Å². The minimum absolute atomic E-state index is 0.0731. The van der Waals surface area contributed by atoms with Crippen LogP contribution in [0.25, 0.3) is 32.8 Å². The molecule has 2 aliphatic rings. The topological polar surface area (TPSA) is 51.0 Å². The molecule has 2 fully saturated rings. The van der Waals surface area contributed by atoms with Crippen molar-refractivity contribution in [2.24, 2.45) is 0 Å². The van der Waals surface area contributed by atoms with E-state index in [1.165, 1.54) is 28.5 Å². The fraction of sp³-hybridized carbons (Fsp3) is 0.385. The third-order valence-corrected chi connectivity index (χ3v) is 7.12. The van der Waals surface area contributed by atoms with Gasteiger partial charge in [0, 0.05) is 53.8 Å². The highest BCUT2D eigenvalue weighted by molar-refractivity contribution is 6.30. The molecule has 4 aromatic rings. The summed E-state index contributed by atoms with van der Waals surface area (Å²) in [6.07, 6.45) is 9.59. The van der Waals surface area contributed by atoms with E-state index in [4.69, 9.17) is 26.1 Å². The molecule has 0 bridgehead atoms. The van der Waals surface area contributed by atoms with Crippen LogP contribution in [0.1, 0.15) is 49.9 Å². The zero-order valence-corrected chi connectivity index (χ0v) is 18.8. The zero-order chi connectivity index (χ0) is 21.5. The lowest BCUT2D eigenvalue weighted by Crippen LogP contribution is -2.44. The molecule has 2 aromatic carbocycles. The molecule has 32 heavy (non-hydrogen) atoms. The van der Waals surface area contributed by atoms with Crippen LogP contribution in [-0.4, -0.2) is 29.9 Å². The quantitative estimate of drug-likeness (QED) is 0.396. The van der Waals surface area contributed by atoms with Crippen LogP contribution in [0.3, 0.4) is 0 Å². The SMILES string of the molecule is Clc1ccc(-c2c(C3CCOCC3)ncc3cc4c(c[nH][n+]4C4CCCCO4)cc23)cc1. The molecule has 4 heterocycles. The maximum atomic E-state index is 6.21. The van der Waals surface area contributed by atoms with E-state index in [1.54, 1.807) is 0 Å². The second kappa shape index (κ2) is 8.47. The van der Waals surface area contributed by atoms with Crippen molar-refractivity contribution in [2.75, 3.05) is 19.8 Å². The summed E-state index contributed by atoms with van der Waals surface area (Å²) in [6, 6.07) is 12.7. The number of aromatic amines is 1. The standard InChI is InChI=1S/C26H26ClN3O2/c27-21-6-4-17(5-7-21)25-22-13-20-16-29-30(24-3-1-2-10-32-24)23(20)14-19(22)15-28-26(25)18-8-11-31-12-9-18/h4-7,13-16,18,24H,1-3,8-12H2/p+1. The zero-order valence-electron chi connectivity index (χ0n) is 18.0. The van der Waals surface area contributed by atoms with E-state index in [0.29, 0.717) is 5.92 Å². The van der Waals surface area contributed by atoms with Gasteiger partial charge >= 0.3 is 0 Å². The van der Waals surface area contributed by atoms with Crippen molar-refractivity contribution >= 4 is 33.3 Å². The molecule has 1 atom stereocenters. The van der Waals surface area contributed by atoms with Crippen LogP contribution in [0.4, 0.5) is 0 Å². The summed E-state index contributed by atoms with van der Waals surface area (Å²) in [4.78, 5) is 5.02. The predicted octanol–water partition coefficient (Wildman–Crippen LogP) is 5.92. The lowest BCUT2D eigenvalue weighted by atomic mass is 9.87. The van der Waals surface area contributed by atoms with E-state index in [1.807, 2.05) is 18.3 Å². The van der Waals surface area contributed by atoms with Gasteiger partial charge in [0.2, 0.25) is 5.52 Å². The average molecular weight is 449 g/mol. The van der Waals surface area contributed by atoms with Crippen molar-refractivity contribution < 1.29 is 14.2 Å². The predicted molar refractivity (Wildman–Crippen MR) is 126 cm³/mol. The fourth-order valence-corrected chi connectivity index (χ4v) is 5.31. The Hall–Kier alpha value is -2.47. The number of hydrogen-bond acceptors (Lipinski definition) is 3. The minimum atomic E-state index is 0.0731. The molecule has 2 aliphatic heterocycles. The van der Waals surface area contributed by atoms with Crippen LogP contribution in [-0.2, 0) is 9.47 Å². The molecule has 1 N–H and O–H groups in total. The summed E-state index contributed by atoms with van der Waals surface area (Å²) in [5, 5.41) is 7.74. The average Bonchev–Trinajstić information content (AvgIpc) is 3.26. The third kappa shape index (κ3) is 3.58. The Balaban J connectivity index is 1.55. The number of benzene rings is 2. The Morgan fingerprint density at radius 2 is 1.81 bits per heavy atom. The second-order valence-corrected chi connectivity index (χ2v) is 9.31. The normalized spacial score (nSPS) is 20.2. The van der Waals surface area contributed by atoms with Gasteiger partial charge in [-0.3, -0.25) is 4.98 Å². The van der Waals surface area contributed by atoms with E-state index in [9.17, 15) is 0 Å². The third-order valence-electron chi connectivity index (χ3n) is 6.87. The molecule has 5 nitrogen and oxygen atoms in total. The molecule has 6 heteroatoms. The van der Waals surface area contributed by atoms with E-state index in [0.717, 1.165) is 67.0 Å². The van der Waals surface area contributed by atoms with Crippen LogP contribution in [0.15, 0.2) is 48.8 Å². The molecule has 164 valence electrons. The van der Waals surface area contributed by atoms with Crippen LogP contribution in [0.5, 0.6) is 0 Å². The van der Waals surface area contributed by atoms with E-state index < -0.39 is 0 Å². The number of ether oxygens (including phenoxy) is 2. The highest BCUT2D eigenvalue weighted by Gasteiger charge is 2.28. The number of fused-ring (bicyclic) bond motifs is 2. The minimum Gasteiger partial charge on any atom is -0.381 e. The van der Waals surface area contributed by atoms with Gasteiger partial charge in [-0.1, -0.05) is 28.4 Å². The molecule has 0 radical (unpaired) electrons. The molecule has 0 aliphatic carbocycles. The first kappa shape index (κ1) is 20.2. The molecule has 6 rings (SSSR count). The first-order valence-electron chi connectivity index (χ1n) is 11.6. The maximum Gasteiger partial charge on any atom is 0.286 e. The lowest BCUT2D eigenvalue weighted by Gasteiger charge is -2.24. The Bertz CT molecular complexity index is 1260. The summed E-state index contributed by atoms with van der Waals surface area (Å²) >= 11 is 6.21. The van der Waals surface area contributed by atoms with Crippen LogP contribution < -0.4 is 4.68 Å². The Morgan fingerprint density at radius 1 is 0.969 bits per heavy atom. The van der Waals surface area contributed by atoms with E-state index >= 15 is 0 Å². The summed E-state index contributed by atoms with van der Waals surface area (Å²) < 4.78 is 13.8. The Kier molecular flexibility index (Phi) is 5.34. The summed E-state index contributed by atoms with van der Waals surface area (Å²) in [7, 11) is 0. The molecule has 0 amide bonds. The van der Waals surface area contributed by atoms with Gasteiger partial charge in [0.15, 0.2) is 0 Å². The molecular formula is C26H27ClN3O2+. The fourth-order valence-electron chi connectivity index (χ4n) is 5.19. The van der Waals surface area contributed by atoms with Crippen molar-refractivity contribution in [1.82, 2.24) is 10.1 Å². The van der Waals surface area contributed by atoms with Crippen LogP contribution >= 0.6 is 11.6 Å². The number of nitrogens with zero attached hydrogens (tertiary/aromatic N) is 2. The highest BCUT2D eigenvalue weighted by atomic mass is 35.5. The molecule has 2 aromatic heterocycles. The van der Waals surface area contributed by atoms with Gasteiger partial charge in [-0.15, -0.1) is 0 Å². The number of hydrogen-bond donors (Lipinski definition) is 1. The second-order valence-electron chi connectivity index (χ2n) is 8.87. The highest BCUT2D eigenvalue weighted by Crippen LogP contribution is 2.39. The van der Waals surface area contributed by atoms with E-state index in [-0.39, 0.29) is 6.23 Å². The van der Waals surface area contributed by atoms with Gasteiger partial charge in [0.1, 0.15) is 0 Å². The largest absolute Gasteiger partial charge is 0.381 e. The summed E-state index contributed by atoms with van der Waals surface area (Å²) in [5.74, 6) is 0.404. The molecular weight excluding hydrogens is 422 g/mol. The van der Waals surface area contributed by atoms with Crippen molar-refractivity contribution in [3.05, 3.63) is 59.5 Å². The molecule has 0 spiro atoms. The van der Waals surface area contributed by atoms with Gasteiger partial charge in [-0.25, -0.2) is 0 Å². The first-order valence-corrected chi connectivity index (χ1v) is 12.0. The number of aromatic nitrogens is 3. The van der Waals surface area contributed by atoms with Crippen molar-refractivity contribution in [2.45, 2.75) is 44.2 Å². The van der Waals surface area contributed by atoms with Gasteiger partial charge in [-0.2, -0.15) is 5.10 Å². The first-order chi connectivity index (χ1) is 15.8. The van der Waals surface area contributed by atoms with Crippen LogP contribution in [0.2, 0.25) is 5.02 Å². The number of rotatable bonds is 3. The summed E-state index contributed by atoms with van der Waals surface area (Å²) in [6.45, 7) is 2.41. The molecule has 0 saturated carbocycles. The number of H-pyrrole nitrogens is 1. The van der Waals surface area contributed by atoms with Gasteiger partial charge in [0.25, 0.3) is 6.23 Å². The Labute approximate surface area is 192 Å². The lowest BCUT2D eigenvalue weighted by molar-refractivity contribution is -0.790. The van der Waals surface area contributed by atoms with Crippen molar-refractivity contribution in [3.8, 4) is 11.1 Å². The number of nitrogens with one attached hydrogen (secondary N) is 1. The Morgan fingerprint density at radius 3 is 2.59 bits per heavy atom. The van der Waals surface area contributed by atoms with E-state index in [2.05, 4.69) is 40.2 Å². The van der Waals surface area contributed by atoms with Gasteiger partial charge in [0.05, 0.1) is 23.9 Å². The molecule has 1 unspecified atom stereocenters. The monoisotopic (exact) mass is 448 g/mol. The number of pyridine rings is 1. The molecule has 2 saturated heterocycles. The number of halogens is 1. The smallest absolute Gasteiger partial charge is 0.286 e. The van der Waals surface area contributed by atoms with Crippen molar-refractivity contribution in [1.29, 1.82) is 0 Å². The summed E-state index contributed by atoms with van der Waals surface area (Å²) in [5.41, 5.74) is 4.70. The maximum absolute atomic E-state index is 6.21.